The van der Waals surface area contributed by atoms with Crippen LogP contribution < -0.4 is 4.74 Å². The largest absolute Gasteiger partial charge is 0.491 e. The summed E-state index contributed by atoms with van der Waals surface area (Å²) in [5.41, 5.74) is 2.17. The lowest BCUT2D eigenvalue weighted by Gasteiger charge is -2.15. The van der Waals surface area contributed by atoms with Gasteiger partial charge in [-0.3, -0.25) is 0 Å². The Kier molecular flexibility index (Phi) is 4.74. The average Bonchev–Trinajstić information content (AvgIpc) is 3.02. The Balaban J connectivity index is 1.63. The number of hydrogen-bond donors (Lipinski definition) is 1. The quantitative estimate of drug-likeness (QED) is 0.760. The van der Waals surface area contributed by atoms with Crippen molar-refractivity contribution in [1.29, 1.82) is 0 Å². The summed E-state index contributed by atoms with van der Waals surface area (Å²) in [6.45, 7) is 2.70. The minimum Gasteiger partial charge on any atom is -0.491 e. The number of ether oxygens (including phenoxy) is 1. The summed E-state index contributed by atoms with van der Waals surface area (Å²) in [4.78, 5) is 4.38. The van der Waals surface area contributed by atoms with Crippen LogP contribution >= 0.6 is 0 Å². The molecule has 0 aliphatic heterocycles. The number of hydrogen-bond acceptors (Lipinski definition) is 3. The lowest BCUT2D eigenvalue weighted by Crippen LogP contribution is -2.23. The number of aryl methyl sites for hydroxylation is 1. The Morgan fingerprint density at radius 3 is 2.74 bits per heavy atom. The van der Waals surface area contributed by atoms with Gasteiger partial charge < -0.3 is 14.4 Å². The normalized spacial score (nSPS) is 12.1. The number of aliphatic hydroxyl groups excluding tert-OH is 1. The van der Waals surface area contributed by atoms with Crippen LogP contribution in [0.25, 0.3) is 11.4 Å². The zero-order valence-electron chi connectivity index (χ0n) is 13.1. The molecule has 1 N–H and O–H groups in total. The highest BCUT2D eigenvalue weighted by molar-refractivity contribution is 5.55. The lowest BCUT2D eigenvalue weighted by atomic mass is 10.2. The fourth-order valence-electron chi connectivity index (χ4n) is 2.48. The van der Waals surface area contributed by atoms with Crippen molar-refractivity contribution in [2.75, 3.05) is 6.61 Å². The molecule has 2 aromatic carbocycles. The van der Waals surface area contributed by atoms with Crippen LogP contribution in [0.2, 0.25) is 0 Å². The highest BCUT2D eigenvalue weighted by Gasteiger charge is 2.11. The van der Waals surface area contributed by atoms with Crippen LogP contribution in [0.3, 0.4) is 0 Å². The second-order valence-electron chi connectivity index (χ2n) is 5.55. The molecular formula is C19H20N2O2. The molecule has 0 bridgehead atoms. The van der Waals surface area contributed by atoms with Crippen LogP contribution in [0, 0.1) is 6.92 Å². The Bertz CT molecular complexity index is 753. The van der Waals surface area contributed by atoms with Crippen molar-refractivity contribution >= 4 is 0 Å². The van der Waals surface area contributed by atoms with Gasteiger partial charge in [0.15, 0.2) is 0 Å². The topological polar surface area (TPSA) is 47.3 Å². The molecule has 118 valence electrons. The molecule has 0 fully saturated rings. The predicted octanol–water partition coefficient (Wildman–Crippen LogP) is 3.30. The van der Waals surface area contributed by atoms with Crippen molar-refractivity contribution < 1.29 is 9.84 Å². The molecule has 0 aliphatic carbocycles. The predicted molar refractivity (Wildman–Crippen MR) is 90.3 cm³/mol. The van der Waals surface area contributed by atoms with Gasteiger partial charge in [0, 0.05) is 18.0 Å². The Morgan fingerprint density at radius 2 is 1.96 bits per heavy atom. The Morgan fingerprint density at radius 1 is 1.13 bits per heavy atom. The maximum atomic E-state index is 10.2. The fourth-order valence-corrected chi connectivity index (χ4v) is 2.48. The molecule has 23 heavy (non-hydrogen) atoms. The monoisotopic (exact) mass is 308 g/mol. The van der Waals surface area contributed by atoms with Gasteiger partial charge in [-0.2, -0.15) is 0 Å². The second kappa shape index (κ2) is 7.11. The van der Waals surface area contributed by atoms with Crippen LogP contribution in [-0.2, 0) is 6.54 Å². The second-order valence-corrected chi connectivity index (χ2v) is 5.55. The van der Waals surface area contributed by atoms with E-state index < -0.39 is 6.10 Å². The molecule has 1 aromatic heterocycles. The number of benzene rings is 2. The first-order chi connectivity index (χ1) is 11.2. The van der Waals surface area contributed by atoms with E-state index in [1.54, 1.807) is 6.20 Å². The highest BCUT2D eigenvalue weighted by atomic mass is 16.5. The summed E-state index contributed by atoms with van der Waals surface area (Å²) in [5.74, 6) is 1.62. The van der Waals surface area contributed by atoms with E-state index >= 15 is 0 Å². The van der Waals surface area contributed by atoms with Crippen LogP contribution in [0.4, 0.5) is 0 Å². The molecule has 0 amide bonds. The van der Waals surface area contributed by atoms with E-state index in [0.29, 0.717) is 6.54 Å². The van der Waals surface area contributed by atoms with Crippen molar-refractivity contribution in [3.8, 4) is 17.1 Å². The molecule has 3 aromatic rings. The molecule has 0 saturated heterocycles. The van der Waals surface area contributed by atoms with Gasteiger partial charge in [0.05, 0.1) is 6.54 Å². The Labute approximate surface area is 136 Å². The molecule has 1 heterocycles. The van der Waals surface area contributed by atoms with E-state index in [0.717, 1.165) is 22.7 Å². The van der Waals surface area contributed by atoms with Gasteiger partial charge in [0.2, 0.25) is 0 Å². The van der Waals surface area contributed by atoms with Gasteiger partial charge in [-0.15, -0.1) is 0 Å². The van der Waals surface area contributed by atoms with Crippen molar-refractivity contribution in [1.82, 2.24) is 9.55 Å². The van der Waals surface area contributed by atoms with E-state index in [2.05, 4.69) is 4.98 Å². The molecule has 0 saturated carbocycles. The highest BCUT2D eigenvalue weighted by Crippen LogP contribution is 2.17. The third-order valence-corrected chi connectivity index (χ3v) is 3.59. The SMILES string of the molecule is Cc1cccc(OC[C@@H](O)Cn2ccnc2-c2ccccc2)c1. The smallest absolute Gasteiger partial charge is 0.139 e. The van der Waals surface area contributed by atoms with Gasteiger partial charge in [-0.05, 0) is 24.6 Å². The van der Waals surface area contributed by atoms with Crippen LogP contribution in [0.15, 0.2) is 67.0 Å². The van der Waals surface area contributed by atoms with Crippen LogP contribution in [0.5, 0.6) is 5.75 Å². The van der Waals surface area contributed by atoms with Gasteiger partial charge in [-0.1, -0.05) is 42.5 Å². The summed E-state index contributed by atoms with van der Waals surface area (Å²) in [7, 11) is 0. The first kappa shape index (κ1) is 15.3. The number of aliphatic hydroxyl groups is 1. The molecule has 0 spiro atoms. The first-order valence-corrected chi connectivity index (χ1v) is 7.66. The van der Waals surface area contributed by atoms with E-state index in [4.69, 9.17) is 4.74 Å². The van der Waals surface area contributed by atoms with Gasteiger partial charge in [0.1, 0.15) is 24.3 Å². The van der Waals surface area contributed by atoms with Crippen LogP contribution in [0.1, 0.15) is 5.56 Å². The molecule has 3 rings (SSSR count). The van der Waals surface area contributed by atoms with E-state index in [9.17, 15) is 5.11 Å². The number of imidazole rings is 1. The number of rotatable bonds is 6. The van der Waals surface area contributed by atoms with Crippen molar-refractivity contribution in [3.05, 3.63) is 72.6 Å². The van der Waals surface area contributed by atoms with Gasteiger partial charge in [-0.25, -0.2) is 4.98 Å². The number of nitrogens with zero attached hydrogens (tertiary/aromatic N) is 2. The zero-order chi connectivity index (χ0) is 16.1. The molecule has 4 heteroatoms. The number of aromatic nitrogens is 2. The molecule has 1 atom stereocenters. The van der Waals surface area contributed by atoms with Gasteiger partial charge >= 0.3 is 0 Å². The van der Waals surface area contributed by atoms with E-state index in [-0.39, 0.29) is 6.61 Å². The molecule has 4 nitrogen and oxygen atoms in total. The third kappa shape index (κ3) is 3.99. The lowest BCUT2D eigenvalue weighted by molar-refractivity contribution is 0.0928. The molecule has 0 radical (unpaired) electrons. The van der Waals surface area contributed by atoms with Crippen molar-refractivity contribution in [3.63, 3.8) is 0 Å². The summed E-state index contributed by atoms with van der Waals surface area (Å²) in [6, 6.07) is 17.8. The third-order valence-electron chi connectivity index (χ3n) is 3.59. The first-order valence-electron chi connectivity index (χ1n) is 7.66. The van der Waals surface area contributed by atoms with Gasteiger partial charge in [0.25, 0.3) is 0 Å². The average molecular weight is 308 g/mol. The maximum absolute atomic E-state index is 10.2. The molecule has 0 aliphatic rings. The summed E-state index contributed by atoms with van der Waals surface area (Å²) >= 11 is 0. The fraction of sp³-hybridized carbons (Fsp3) is 0.211. The molecular weight excluding hydrogens is 288 g/mol. The standard InChI is InChI=1S/C19H20N2O2/c1-15-6-5-9-18(12-15)23-14-17(22)13-21-11-10-20-19(21)16-7-3-2-4-8-16/h2-12,17,22H,13-14H2,1H3/t17-/m0/s1. The minimum absolute atomic E-state index is 0.246. The summed E-state index contributed by atoms with van der Waals surface area (Å²) in [6.07, 6.45) is 3.02. The maximum Gasteiger partial charge on any atom is 0.139 e. The van der Waals surface area contributed by atoms with E-state index in [1.807, 2.05) is 72.3 Å². The summed E-state index contributed by atoms with van der Waals surface area (Å²) < 4.78 is 7.60. The zero-order valence-corrected chi connectivity index (χ0v) is 13.1. The van der Waals surface area contributed by atoms with Crippen LogP contribution in [-0.4, -0.2) is 27.4 Å². The molecule has 0 unspecified atom stereocenters. The van der Waals surface area contributed by atoms with E-state index in [1.165, 1.54) is 0 Å². The summed E-state index contributed by atoms with van der Waals surface area (Å²) in [5, 5.41) is 10.2. The van der Waals surface area contributed by atoms with Crippen molar-refractivity contribution in [2.45, 2.75) is 19.6 Å². The Hall–Kier alpha value is -2.59. The van der Waals surface area contributed by atoms with Crippen molar-refractivity contribution in [2.24, 2.45) is 0 Å². The minimum atomic E-state index is -0.604.